The smallest absolute Gasteiger partial charge is 0.293 e. The first-order chi connectivity index (χ1) is 28.8. The Morgan fingerprint density at radius 3 is 0.593 bits per heavy atom. The molecule has 59 heavy (non-hydrogen) atoms. The Hall–Kier alpha value is -3.86. The third-order valence-corrected chi connectivity index (χ3v) is 19.5. The molecule has 0 aliphatic carbocycles. The molecule has 0 fully saturated rings. The summed E-state index contributed by atoms with van der Waals surface area (Å²) in [6.45, 7) is 0. The predicted molar refractivity (Wildman–Crippen MR) is 264 cm³/mol. The maximum Gasteiger partial charge on any atom is 2.00 e. The Morgan fingerprint density at radius 2 is 0.407 bits per heavy atom. The van der Waals surface area contributed by atoms with E-state index in [4.69, 9.17) is 0 Å². The standard InChI is InChI=1S/2C27H25P2.Pd/c2*1-5-14-24(15-6-1)28(25-16-7-2-8-17-25)22-13-23-29(26-18-9-3-10-19-26)27-20-11-4-12-21-27;/h2*1-12,14-22H,13,23H2;/q2*-1;+2. The van der Waals surface area contributed by atoms with Crippen molar-refractivity contribution in [2.45, 2.75) is 12.8 Å². The van der Waals surface area contributed by atoms with Crippen LogP contribution in [-0.2, 0) is 20.4 Å². The van der Waals surface area contributed by atoms with Gasteiger partial charge in [-0.25, -0.2) is 15.8 Å². The number of hydrogen-bond donors (Lipinski definition) is 0. The molecular weight excluding hydrogens is 879 g/mol. The molecule has 0 atom stereocenters. The van der Waals surface area contributed by atoms with E-state index in [2.05, 4.69) is 255 Å². The molecule has 8 rings (SSSR count). The first-order valence-corrected chi connectivity index (χ1v) is 25.9. The van der Waals surface area contributed by atoms with Gasteiger partial charge >= 0.3 is 20.4 Å². The molecule has 296 valence electrons. The fourth-order valence-electron chi connectivity index (χ4n) is 6.95. The number of benzene rings is 8. The molecule has 0 amide bonds. The monoisotopic (exact) mass is 928 g/mol. The van der Waals surface area contributed by atoms with Crippen molar-refractivity contribution in [2.24, 2.45) is 0 Å². The zero-order chi connectivity index (χ0) is 39.5. The summed E-state index contributed by atoms with van der Waals surface area (Å²) in [4.78, 5) is 0. The van der Waals surface area contributed by atoms with E-state index in [0.717, 1.165) is 12.8 Å². The normalized spacial score (nSPS) is 10.9. The van der Waals surface area contributed by atoms with Crippen LogP contribution in [0.1, 0.15) is 12.8 Å². The van der Waals surface area contributed by atoms with Gasteiger partial charge in [0.25, 0.3) is 0 Å². The summed E-state index contributed by atoms with van der Waals surface area (Å²) >= 11 is 0. The minimum Gasteiger partial charge on any atom is -0.293 e. The van der Waals surface area contributed by atoms with E-state index in [0.29, 0.717) is 0 Å². The Balaban J connectivity index is 0.000000195. The van der Waals surface area contributed by atoms with Crippen LogP contribution in [0.25, 0.3) is 0 Å². The first-order valence-electron chi connectivity index (χ1n) is 20.0. The fourth-order valence-corrected chi connectivity index (χ4v) is 16.1. The summed E-state index contributed by atoms with van der Waals surface area (Å²) in [6, 6.07) is 87.9. The molecule has 0 aliphatic rings. The molecule has 8 aromatic carbocycles. The van der Waals surface area contributed by atoms with Crippen molar-refractivity contribution < 1.29 is 20.4 Å². The van der Waals surface area contributed by atoms with E-state index in [1.54, 1.807) is 0 Å². The van der Waals surface area contributed by atoms with E-state index >= 15 is 0 Å². The van der Waals surface area contributed by atoms with Crippen molar-refractivity contribution in [3.63, 3.8) is 0 Å². The van der Waals surface area contributed by atoms with Gasteiger partial charge < -0.3 is 0 Å². The zero-order valence-electron chi connectivity index (χ0n) is 33.2. The Kier molecular flexibility index (Phi) is 19.0. The molecule has 0 unspecified atom stereocenters. The molecule has 0 saturated heterocycles. The quantitative estimate of drug-likeness (QED) is 0.0515. The van der Waals surface area contributed by atoms with E-state index in [1.807, 2.05) is 0 Å². The van der Waals surface area contributed by atoms with Crippen LogP contribution in [0.15, 0.2) is 243 Å². The van der Waals surface area contributed by atoms with Crippen molar-refractivity contribution in [2.75, 3.05) is 12.3 Å². The molecule has 0 radical (unpaired) electrons. The van der Waals surface area contributed by atoms with Gasteiger partial charge in [-0.2, -0.15) is 12.8 Å². The van der Waals surface area contributed by atoms with Crippen LogP contribution in [0.5, 0.6) is 0 Å². The maximum atomic E-state index is 2.57. The minimum atomic E-state index is -0.434. The van der Waals surface area contributed by atoms with E-state index in [1.165, 1.54) is 54.8 Å². The molecular formula is C54H50P4Pd. The molecule has 0 spiro atoms. The third kappa shape index (κ3) is 13.6. The zero-order valence-corrected chi connectivity index (χ0v) is 38.3. The van der Waals surface area contributed by atoms with E-state index in [9.17, 15) is 0 Å². The van der Waals surface area contributed by atoms with Gasteiger partial charge in [-0.1, -0.05) is 276 Å². The van der Waals surface area contributed by atoms with Crippen LogP contribution in [-0.4, -0.2) is 12.3 Å². The van der Waals surface area contributed by atoms with Crippen LogP contribution in [0.4, 0.5) is 0 Å². The van der Waals surface area contributed by atoms with Gasteiger partial charge in [0.15, 0.2) is 0 Å². The summed E-state index contributed by atoms with van der Waals surface area (Å²) in [5.41, 5.74) is 0. The van der Waals surface area contributed by atoms with E-state index in [-0.39, 0.29) is 36.3 Å². The van der Waals surface area contributed by atoms with Gasteiger partial charge in [0.2, 0.25) is 0 Å². The summed E-state index contributed by atoms with van der Waals surface area (Å²) in [5, 5.41) is 11.6. The van der Waals surface area contributed by atoms with Crippen LogP contribution >= 0.6 is 31.7 Å². The van der Waals surface area contributed by atoms with Gasteiger partial charge in [-0.05, 0) is 37.1 Å². The number of rotatable bonds is 16. The third-order valence-electron chi connectivity index (χ3n) is 9.74. The van der Waals surface area contributed by atoms with Gasteiger partial charge in [0, 0.05) is 0 Å². The topological polar surface area (TPSA) is 0 Å². The molecule has 0 aliphatic heterocycles. The SMILES string of the molecule is [Pd+2].c1ccc(P([CH-]CCP(c2ccccc2)c2ccccc2)c2ccccc2)cc1.c1ccc(P([CH-]CCP(c2ccccc2)c2ccccc2)c2ccccc2)cc1. The summed E-state index contributed by atoms with van der Waals surface area (Å²) < 4.78 is 0. The average molecular weight is 929 g/mol. The minimum absolute atomic E-state index is 0. The average Bonchev–Trinajstić information content (AvgIpc) is 3.32. The predicted octanol–water partition coefficient (Wildman–Crippen LogP) is 11.6. The fraction of sp³-hybridized carbons (Fsp3) is 0.0741. The second kappa shape index (κ2) is 25.0. The van der Waals surface area contributed by atoms with E-state index < -0.39 is 15.8 Å². The molecule has 8 aromatic rings. The molecule has 0 heterocycles. The van der Waals surface area contributed by atoms with Crippen LogP contribution < -0.4 is 42.4 Å². The summed E-state index contributed by atoms with van der Waals surface area (Å²) in [7, 11) is -1.55. The van der Waals surface area contributed by atoms with Gasteiger partial charge in [-0.3, -0.25) is 12.3 Å². The van der Waals surface area contributed by atoms with Crippen molar-refractivity contribution in [3.05, 3.63) is 255 Å². The Bertz CT molecular complexity index is 1790. The molecule has 5 heteroatoms. The van der Waals surface area contributed by atoms with Gasteiger partial charge in [0.1, 0.15) is 0 Å². The van der Waals surface area contributed by atoms with Crippen LogP contribution in [0.3, 0.4) is 0 Å². The largest absolute Gasteiger partial charge is 2.00 e. The molecule has 0 aromatic heterocycles. The second-order valence-corrected chi connectivity index (χ2v) is 22.6. The maximum absolute atomic E-state index is 2.57. The van der Waals surface area contributed by atoms with Crippen molar-refractivity contribution >= 4 is 74.1 Å². The Morgan fingerprint density at radius 1 is 0.237 bits per heavy atom. The van der Waals surface area contributed by atoms with Crippen LogP contribution in [0, 0.1) is 12.3 Å². The van der Waals surface area contributed by atoms with Crippen molar-refractivity contribution in [3.8, 4) is 0 Å². The van der Waals surface area contributed by atoms with Crippen LogP contribution in [0.2, 0.25) is 0 Å². The second-order valence-electron chi connectivity index (χ2n) is 13.7. The molecule has 0 saturated carbocycles. The first kappa shape index (κ1) is 44.7. The van der Waals surface area contributed by atoms with Crippen molar-refractivity contribution in [1.29, 1.82) is 0 Å². The summed E-state index contributed by atoms with van der Waals surface area (Å²) in [5.74, 6) is 0. The molecule has 0 N–H and O–H groups in total. The van der Waals surface area contributed by atoms with Gasteiger partial charge in [0.05, 0.1) is 0 Å². The Labute approximate surface area is 372 Å². The molecule has 0 bridgehead atoms. The molecule has 0 nitrogen and oxygen atoms in total. The van der Waals surface area contributed by atoms with Gasteiger partial charge in [-0.15, -0.1) is 0 Å². The number of hydrogen-bond acceptors (Lipinski definition) is 0. The van der Waals surface area contributed by atoms with Crippen molar-refractivity contribution in [1.82, 2.24) is 0 Å². The summed E-state index contributed by atoms with van der Waals surface area (Å²) in [6.07, 6.45) is 9.74.